The molecule has 4 nitrogen and oxygen atoms in total. The van der Waals surface area contributed by atoms with E-state index in [1.165, 1.54) is 0 Å². The van der Waals surface area contributed by atoms with Gasteiger partial charge in [0.15, 0.2) is 0 Å². The first-order valence-electron chi connectivity index (χ1n) is 4.27. The van der Waals surface area contributed by atoms with Gasteiger partial charge < -0.3 is 10.4 Å². The third-order valence-electron chi connectivity index (χ3n) is 1.82. The normalized spacial score (nSPS) is 9.73. The highest BCUT2D eigenvalue weighted by atomic mass is 127. The molecule has 0 atom stereocenters. The van der Waals surface area contributed by atoms with E-state index in [1.807, 2.05) is 13.0 Å². The molecule has 80 valence electrons. The van der Waals surface area contributed by atoms with Gasteiger partial charge in [-0.2, -0.15) is 0 Å². The summed E-state index contributed by atoms with van der Waals surface area (Å²) in [5, 5.41) is 10.7. The fourth-order valence-corrected chi connectivity index (χ4v) is 1.38. The van der Waals surface area contributed by atoms with Gasteiger partial charge in [-0.1, -0.05) is 0 Å². The maximum absolute atomic E-state index is 11.4. The predicted molar refractivity (Wildman–Crippen MR) is 63.9 cm³/mol. The van der Waals surface area contributed by atoms with Crippen molar-refractivity contribution in [3.8, 4) is 0 Å². The van der Waals surface area contributed by atoms with Crippen molar-refractivity contribution < 1.29 is 14.7 Å². The standard InChI is InChI=1S/C10H10INO3/c1-6-4-7(2-3-8(6)11)10(15)12-5-9(13)14/h2-4H,5H2,1H3,(H,12,15)(H,13,14). The highest BCUT2D eigenvalue weighted by molar-refractivity contribution is 14.1. The smallest absolute Gasteiger partial charge is 0.322 e. The Bertz CT molecular complexity index is 404. The van der Waals surface area contributed by atoms with E-state index >= 15 is 0 Å². The van der Waals surface area contributed by atoms with E-state index in [0.29, 0.717) is 5.56 Å². The Labute approximate surface area is 101 Å². The summed E-state index contributed by atoms with van der Waals surface area (Å²) in [5.41, 5.74) is 1.48. The average Bonchev–Trinajstić information content (AvgIpc) is 2.18. The number of carboxylic acid groups (broad SMARTS) is 1. The molecule has 0 aliphatic carbocycles. The Morgan fingerprint density at radius 1 is 1.47 bits per heavy atom. The molecule has 5 heteroatoms. The summed E-state index contributed by atoms with van der Waals surface area (Å²) in [5.74, 6) is -1.41. The molecule has 1 aromatic rings. The van der Waals surface area contributed by atoms with E-state index in [0.717, 1.165) is 9.13 Å². The monoisotopic (exact) mass is 319 g/mol. The molecule has 15 heavy (non-hydrogen) atoms. The Morgan fingerprint density at radius 3 is 2.67 bits per heavy atom. The second-order valence-electron chi connectivity index (χ2n) is 3.04. The van der Waals surface area contributed by atoms with Gasteiger partial charge in [0.1, 0.15) is 6.54 Å². The zero-order valence-corrected chi connectivity index (χ0v) is 10.2. The van der Waals surface area contributed by atoms with E-state index < -0.39 is 5.97 Å². The van der Waals surface area contributed by atoms with Crippen LogP contribution >= 0.6 is 22.6 Å². The van der Waals surface area contributed by atoms with Crippen LogP contribution in [0.3, 0.4) is 0 Å². The van der Waals surface area contributed by atoms with Crippen molar-refractivity contribution in [3.63, 3.8) is 0 Å². The van der Waals surface area contributed by atoms with E-state index in [-0.39, 0.29) is 12.5 Å². The lowest BCUT2D eigenvalue weighted by Crippen LogP contribution is -2.29. The first-order valence-corrected chi connectivity index (χ1v) is 5.34. The lowest BCUT2D eigenvalue weighted by Gasteiger charge is -2.04. The zero-order valence-electron chi connectivity index (χ0n) is 8.08. The predicted octanol–water partition coefficient (Wildman–Crippen LogP) is 1.41. The van der Waals surface area contributed by atoms with Crippen molar-refractivity contribution >= 4 is 34.5 Å². The van der Waals surface area contributed by atoms with Gasteiger partial charge in [-0.3, -0.25) is 9.59 Å². The van der Waals surface area contributed by atoms with E-state index in [4.69, 9.17) is 5.11 Å². The topological polar surface area (TPSA) is 66.4 Å². The number of rotatable bonds is 3. The van der Waals surface area contributed by atoms with Crippen molar-refractivity contribution in [2.45, 2.75) is 6.92 Å². The zero-order chi connectivity index (χ0) is 11.4. The third kappa shape index (κ3) is 3.50. The second kappa shape index (κ2) is 5.11. The van der Waals surface area contributed by atoms with Crippen LogP contribution in [-0.4, -0.2) is 23.5 Å². The summed E-state index contributed by atoms with van der Waals surface area (Å²) in [6.07, 6.45) is 0. The van der Waals surface area contributed by atoms with Crippen LogP contribution in [0.1, 0.15) is 15.9 Å². The number of hydrogen-bond donors (Lipinski definition) is 2. The first kappa shape index (κ1) is 12.0. The molecule has 0 aromatic heterocycles. The van der Waals surface area contributed by atoms with Crippen LogP contribution in [0.25, 0.3) is 0 Å². The first-order chi connectivity index (χ1) is 7.00. The number of amides is 1. The lowest BCUT2D eigenvalue weighted by atomic mass is 10.1. The quantitative estimate of drug-likeness (QED) is 0.828. The van der Waals surface area contributed by atoms with Gasteiger partial charge in [-0.15, -0.1) is 0 Å². The molecule has 0 saturated heterocycles. The Morgan fingerprint density at radius 2 is 2.13 bits per heavy atom. The minimum absolute atomic E-state index is 0.357. The molecule has 0 bridgehead atoms. The summed E-state index contributed by atoms with van der Waals surface area (Å²) < 4.78 is 1.07. The SMILES string of the molecule is Cc1cc(C(=O)NCC(=O)O)ccc1I. The fraction of sp³-hybridized carbons (Fsp3) is 0.200. The number of aryl methyl sites for hydroxylation is 1. The minimum atomic E-state index is -1.05. The van der Waals surface area contributed by atoms with Crippen LogP contribution in [0, 0.1) is 10.5 Å². The number of nitrogens with one attached hydrogen (secondary N) is 1. The van der Waals surface area contributed by atoms with Crippen LogP contribution in [0.15, 0.2) is 18.2 Å². The molecule has 1 aromatic carbocycles. The molecule has 0 heterocycles. The molecule has 0 radical (unpaired) electrons. The van der Waals surface area contributed by atoms with Crippen LogP contribution in [-0.2, 0) is 4.79 Å². The fourth-order valence-electron chi connectivity index (χ4n) is 1.04. The highest BCUT2D eigenvalue weighted by Gasteiger charge is 2.07. The summed E-state index contributed by atoms with van der Waals surface area (Å²) >= 11 is 2.17. The molecule has 1 amide bonds. The van der Waals surface area contributed by atoms with Gasteiger partial charge in [-0.25, -0.2) is 0 Å². The molecule has 0 unspecified atom stereocenters. The van der Waals surface area contributed by atoms with E-state index in [9.17, 15) is 9.59 Å². The maximum Gasteiger partial charge on any atom is 0.322 e. The van der Waals surface area contributed by atoms with E-state index in [1.54, 1.807) is 12.1 Å². The maximum atomic E-state index is 11.4. The molecular weight excluding hydrogens is 309 g/mol. The molecule has 0 fully saturated rings. The highest BCUT2D eigenvalue weighted by Crippen LogP contribution is 2.12. The lowest BCUT2D eigenvalue weighted by molar-refractivity contribution is -0.135. The number of hydrogen-bond acceptors (Lipinski definition) is 2. The van der Waals surface area contributed by atoms with Crippen molar-refractivity contribution in [1.29, 1.82) is 0 Å². The van der Waals surface area contributed by atoms with Crippen LogP contribution in [0.5, 0.6) is 0 Å². The Balaban J connectivity index is 2.74. The molecule has 0 saturated carbocycles. The van der Waals surface area contributed by atoms with Crippen molar-refractivity contribution in [1.82, 2.24) is 5.32 Å². The van der Waals surface area contributed by atoms with Crippen molar-refractivity contribution in [2.75, 3.05) is 6.54 Å². The summed E-state index contributed by atoms with van der Waals surface area (Å²) in [4.78, 5) is 21.7. The largest absolute Gasteiger partial charge is 0.480 e. The molecule has 0 aliphatic heterocycles. The molecular formula is C10H10INO3. The van der Waals surface area contributed by atoms with Gasteiger partial charge in [0.2, 0.25) is 0 Å². The minimum Gasteiger partial charge on any atom is -0.480 e. The molecule has 2 N–H and O–H groups in total. The van der Waals surface area contributed by atoms with Crippen LogP contribution < -0.4 is 5.32 Å². The van der Waals surface area contributed by atoms with Crippen LogP contribution in [0.2, 0.25) is 0 Å². The number of halogens is 1. The van der Waals surface area contributed by atoms with Gasteiger partial charge in [0.25, 0.3) is 5.91 Å². The molecule has 0 spiro atoms. The average molecular weight is 319 g/mol. The van der Waals surface area contributed by atoms with Gasteiger partial charge >= 0.3 is 5.97 Å². The number of carboxylic acids is 1. The van der Waals surface area contributed by atoms with Gasteiger partial charge in [0, 0.05) is 9.13 Å². The molecule has 0 aliphatic rings. The number of benzene rings is 1. The van der Waals surface area contributed by atoms with Crippen molar-refractivity contribution in [3.05, 3.63) is 32.9 Å². The second-order valence-corrected chi connectivity index (χ2v) is 4.20. The number of aliphatic carboxylic acids is 1. The molecule has 1 rings (SSSR count). The van der Waals surface area contributed by atoms with Crippen molar-refractivity contribution in [2.24, 2.45) is 0 Å². The Kier molecular flexibility index (Phi) is 4.07. The van der Waals surface area contributed by atoms with Gasteiger partial charge in [0.05, 0.1) is 0 Å². The van der Waals surface area contributed by atoms with E-state index in [2.05, 4.69) is 27.9 Å². The Hall–Kier alpha value is -1.11. The number of carbonyl (C=O) groups is 2. The summed E-state index contributed by atoms with van der Waals surface area (Å²) in [6.45, 7) is 1.54. The van der Waals surface area contributed by atoms with Crippen LogP contribution in [0.4, 0.5) is 0 Å². The third-order valence-corrected chi connectivity index (χ3v) is 3.03. The summed E-state index contributed by atoms with van der Waals surface area (Å²) in [6, 6.07) is 5.23. The number of carbonyl (C=O) groups excluding carboxylic acids is 1. The summed E-state index contributed by atoms with van der Waals surface area (Å²) in [7, 11) is 0. The van der Waals surface area contributed by atoms with Gasteiger partial charge in [-0.05, 0) is 53.3 Å².